The van der Waals surface area contributed by atoms with E-state index in [4.69, 9.17) is 5.11 Å². The van der Waals surface area contributed by atoms with Gasteiger partial charge in [-0.05, 0) is 13.0 Å². The average molecular weight is 266 g/mol. The zero-order chi connectivity index (χ0) is 14.6. The van der Waals surface area contributed by atoms with Gasteiger partial charge in [0.15, 0.2) is 0 Å². The number of nitrogens with zero attached hydrogens (tertiary/aromatic N) is 1. The third kappa shape index (κ3) is 3.87. The number of carbonyl (C=O) groups is 3. The van der Waals surface area contributed by atoms with Crippen LogP contribution in [0.15, 0.2) is 18.2 Å². The van der Waals surface area contributed by atoms with Gasteiger partial charge in [0, 0.05) is 12.1 Å². The van der Waals surface area contributed by atoms with Crippen LogP contribution in [0.1, 0.15) is 23.7 Å². The SMILES string of the molecule is CC(=O)CC(=O)Nc1cc([N+](=O)[O-])ccc1C(=O)O. The third-order valence-corrected chi connectivity index (χ3v) is 2.13. The molecule has 1 aromatic rings. The van der Waals surface area contributed by atoms with E-state index in [0.29, 0.717) is 0 Å². The lowest BCUT2D eigenvalue weighted by atomic mass is 10.1. The Kier molecular flexibility index (Phi) is 4.30. The molecule has 0 spiro atoms. The van der Waals surface area contributed by atoms with Crippen molar-refractivity contribution in [2.45, 2.75) is 13.3 Å². The largest absolute Gasteiger partial charge is 0.478 e. The maximum Gasteiger partial charge on any atom is 0.337 e. The molecule has 8 nitrogen and oxygen atoms in total. The number of nitrogens with one attached hydrogen (secondary N) is 1. The first kappa shape index (κ1) is 14.3. The molecule has 0 bridgehead atoms. The number of ketones is 1. The quantitative estimate of drug-likeness (QED) is 0.468. The first-order chi connectivity index (χ1) is 8.81. The highest BCUT2D eigenvalue weighted by Gasteiger charge is 2.17. The molecule has 0 aliphatic heterocycles. The molecule has 0 fully saturated rings. The monoisotopic (exact) mass is 266 g/mol. The van der Waals surface area contributed by atoms with E-state index in [-0.39, 0.29) is 16.9 Å². The Hall–Kier alpha value is -2.77. The molecule has 0 saturated carbocycles. The number of nitro benzene ring substituents is 1. The minimum Gasteiger partial charge on any atom is -0.478 e. The molecule has 0 atom stereocenters. The molecule has 0 saturated heterocycles. The molecule has 19 heavy (non-hydrogen) atoms. The fourth-order valence-electron chi connectivity index (χ4n) is 1.36. The fraction of sp³-hybridized carbons (Fsp3) is 0.182. The van der Waals surface area contributed by atoms with E-state index >= 15 is 0 Å². The predicted molar refractivity (Wildman–Crippen MR) is 64.0 cm³/mol. The third-order valence-electron chi connectivity index (χ3n) is 2.13. The fourth-order valence-corrected chi connectivity index (χ4v) is 1.36. The summed E-state index contributed by atoms with van der Waals surface area (Å²) in [6, 6.07) is 2.97. The van der Waals surface area contributed by atoms with Crippen LogP contribution in [0.5, 0.6) is 0 Å². The van der Waals surface area contributed by atoms with E-state index in [2.05, 4.69) is 5.32 Å². The number of nitro groups is 1. The van der Waals surface area contributed by atoms with Crippen molar-refractivity contribution in [1.82, 2.24) is 0 Å². The second-order valence-corrected chi connectivity index (χ2v) is 3.72. The van der Waals surface area contributed by atoms with Gasteiger partial charge in [-0.15, -0.1) is 0 Å². The van der Waals surface area contributed by atoms with E-state index < -0.39 is 29.0 Å². The number of non-ortho nitro benzene ring substituents is 1. The van der Waals surface area contributed by atoms with Crippen molar-refractivity contribution in [2.75, 3.05) is 5.32 Å². The van der Waals surface area contributed by atoms with Crippen LogP contribution in [0, 0.1) is 10.1 Å². The number of benzene rings is 1. The van der Waals surface area contributed by atoms with E-state index in [1.54, 1.807) is 0 Å². The molecule has 0 radical (unpaired) electrons. The molecule has 0 unspecified atom stereocenters. The molecule has 2 N–H and O–H groups in total. The lowest BCUT2D eigenvalue weighted by Crippen LogP contribution is -2.17. The van der Waals surface area contributed by atoms with E-state index in [0.717, 1.165) is 18.2 Å². The van der Waals surface area contributed by atoms with Crippen molar-refractivity contribution in [3.8, 4) is 0 Å². The number of rotatable bonds is 5. The van der Waals surface area contributed by atoms with Crippen molar-refractivity contribution >= 4 is 29.0 Å². The zero-order valence-corrected chi connectivity index (χ0v) is 9.87. The number of Topliss-reactive ketones (excluding diaryl/α,β-unsaturated/α-hetero) is 1. The van der Waals surface area contributed by atoms with Crippen molar-refractivity contribution < 1.29 is 24.4 Å². The van der Waals surface area contributed by atoms with Crippen LogP contribution in [0.3, 0.4) is 0 Å². The van der Waals surface area contributed by atoms with Crippen LogP contribution >= 0.6 is 0 Å². The predicted octanol–water partition coefficient (Wildman–Crippen LogP) is 1.21. The maximum atomic E-state index is 11.4. The minimum atomic E-state index is -1.34. The van der Waals surface area contributed by atoms with Crippen molar-refractivity contribution in [3.05, 3.63) is 33.9 Å². The molecule has 0 aromatic heterocycles. The molecule has 0 heterocycles. The van der Waals surface area contributed by atoms with Crippen LogP contribution in [0.4, 0.5) is 11.4 Å². The first-order valence-corrected chi connectivity index (χ1v) is 5.12. The number of amides is 1. The topological polar surface area (TPSA) is 127 Å². The summed E-state index contributed by atoms with van der Waals surface area (Å²) < 4.78 is 0. The normalized spacial score (nSPS) is 9.74. The second-order valence-electron chi connectivity index (χ2n) is 3.72. The summed E-state index contributed by atoms with van der Waals surface area (Å²) in [5, 5.41) is 21.7. The van der Waals surface area contributed by atoms with E-state index in [1.807, 2.05) is 0 Å². The van der Waals surface area contributed by atoms with Gasteiger partial charge in [0.25, 0.3) is 5.69 Å². The lowest BCUT2D eigenvalue weighted by molar-refractivity contribution is -0.384. The number of carboxylic acid groups (broad SMARTS) is 1. The molecule has 1 aromatic carbocycles. The number of aromatic carboxylic acids is 1. The van der Waals surface area contributed by atoms with Gasteiger partial charge in [-0.2, -0.15) is 0 Å². The first-order valence-electron chi connectivity index (χ1n) is 5.12. The second kappa shape index (κ2) is 5.71. The molecular formula is C11H10N2O6. The maximum absolute atomic E-state index is 11.4. The van der Waals surface area contributed by atoms with Gasteiger partial charge in [0.05, 0.1) is 22.6 Å². The number of anilines is 1. The van der Waals surface area contributed by atoms with Gasteiger partial charge < -0.3 is 10.4 Å². The van der Waals surface area contributed by atoms with Gasteiger partial charge in [-0.1, -0.05) is 0 Å². The summed E-state index contributed by atoms with van der Waals surface area (Å²) in [5.41, 5.74) is -0.862. The van der Waals surface area contributed by atoms with Crippen molar-refractivity contribution in [3.63, 3.8) is 0 Å². The van der Waals surface area contributed by atoms with Gasteiger partial charge >= 0.3 is 5.97 Å². The molecule has 0 aliphatic carbocycles. The average Bonchev–Trinajstić information content (AvgIpc) is 2.26. The van der Waals surface area contributed by atoms with Gasteiger partial charge in [-0.25, -0.2) is 4.79 Å². The summed E-state index contributed by atoms with van der Waals surface area (Å²) >= 11 is 0. The molecular weight excluding hydrogens is 256 g/mol. The zero-order valence-electron chi connectivity index (χ0n) is 9.87. The number of carbonyl (C=O) groups excluding carboxylic acids is 2. The van der Waals surface area contributed by atoms with Crippen molar-refractivity contribution in [1.29, 1.82) is 0 Å². The Balaban J connectivity index is 3.11. The Labute approximate surface area is 107 Å². The van der Waals surface area contributed by atoms with Crippen LogP contribution < -0.4 is 5.32 Å². The van der Waals surface area contributed by atoms with Crippen LogP contribution in [0.2, 0.25) is 0 Å². The summed E-state index contributed by atoms with van der Waals surface area (Å²) in [5.74, 6) is -2.47. The number of carboxylic acids is 1. The highest BCUT2D eigenvalue weighted by molar-refractivity contribution is 6.06. The van der Waals surface area contributed by atoms with E-state index in [1.165, 1.54) is 6.92 Å². The van der Waals surface area contributed by atoms with Crippen LogP contribution in [-0.2, 0) is 9.59 Å². The molecule has 100 valence electrons. The summed E-state index contributed by atoms with van der Waals surface area (Å²) in [6.45, 7) is 1.20. The Morgan fingerprint density at radius 3 is 2.47 bits per heavy atom. The summed E-state index contributed by atoms with van der Waals surface area (Å²) in [6.07, 6.45) is -0.429. The lowest BCUT2D eigenvalue weighted by Gasteiger charge is -2.07. The van der Waals surface area contributed by atoms with Gasteiger partial charge in [0.1, 0.15) is 5.78 Å². The smallest absolute Gasteiger partial charge is 0.337 e. The van der Waals surface area contributed by atoms with Crippen molar-refractivity contribution in [2.24, 2.45) is 0 Å². The highest BCUT2D eigenvalue weighted by atomic mass is 16.6. The summed E-state index contributed by atoms with van der Waals surface area (Å²) in [4.78, 5) is 42.9. The molecule has 0 aliphatic rings. The van der Waals surface area contributed by atoms with Crippen LogP contribution in [0.25, 0.3) is 0 Å². The van der Waals surface area contributed by atoms with Crippen LogP contribution in [-0.4, -0.2) is 27.7 Å². The van der Waals surface area contributed by atoms with Gasteiger partial charge in [-0.3, -0.25) is 19.7 Å². The Morgan fingerprint density at radius 2 is 2.00 bits per heavy atom. The molecule has 1 rings (SSSR count). The Morgan fingerprint density at radius 1 is 1.37 bits per heavy atom. The van der Waals surface area contributed by atoms with Gasteiger partial charge in [0.2, 0.25) is 5.91 Å². The highest BCUT2D eigenvalue weighted by Crippen LogP contribution is 2.22. The van der Waals surface area contributed by atoms with E-state index in [9.17, 15) is 24.5 Å². The molecule has 1 amide bonds. The number of hydrogen-bond donors (Lipinski definition) is 2. The minimum absolute atomic E-state index is 0.215. The molecule has 8 heteroatoms. The Bertz CT molecular complexity index is 566. The number of hydrogen-bond acceptors (Lipinski definition) is 5. The standard InChI is InChI=1S/C11H10N2O6/c1-6(14)4-10(15)12-9-5-7(13(18)19)2-3-8(9)11(16)17/h2-3,5H,4H2,1H3,(H,12,15)(H,16,17). The summed E-state index contributed by atoms with van der Waals surface area (Å²) in [7, 11) is 0.